The molecule has 1 aromatic carbocycles. The van der Waals surface area contributed by atoms with E-state index in [2.05, 4.69) is 27.3 Å². The topological polar surface area (TPSA) is 32.3 Å². The third-order valence-corrected chi connectivity index (χ3v) is 2.82. The third-order valence-electron chi connectivity index (χ3n) is 1.34. The molecule has 0 spiro atoms. The molecular formula is C10H10INOS. The van der Waals surface area contributed by atoms with Gasteiger partial charge >= 0.3 is 0 Å². The maximum Gasteiger partial charge on any atom is 0.128 e. The quantitative estimate of drug-likeness (QED) is 0.569. The van der Waals surface area contributed by atoms with Gasteiger partial charge in [0.2, 0.25) is 0 Å². The minimum atomic E-state index is 0.355. The zero-order valence-electron chi connectivity index (χ0n) is 7.35. The summed E-state index contributed by atoms with van der Waals surface area (Å²) in [7, 11) is 0. The molecule has 74 valence electrons. The average Bonchev–Trinajstić information content (AvgIpc) is 2.26. The van der Waals surface area contributed by atoms with Crippen molar-refractivity contribution in [3.05, 3.63) is 51.6 Å². The first-order chi connectivity index (χ1) is 6.80. The Morgan fingerprint density at radius 1 is 1.21 bits per heavy atom. The first-order valence-electron chi connectivity index (χ1n) is 3.97. The summed E-state index contributed by atoms with van der Waals surface area (Å²) in [5, 5.41) is 10.9. The van der Waals surface area contributed by atoms with E-state index in [1.807, 2.05) is 35.9 Å². The van der Waals surface area contributed by atoms with E-state index in [1.54, 1.807) is 24.1 Å². The van der Waals surface area contributed by atoms with E-state index in [1.165, 1.54) is 0 Å². The van der Waals surface area contributed by atoms with Crippen LogP contribution < -0.4 is 4.72 Å². The third kappa shape index (κ3) is 4.57. The van der Waals surface area contributed by atoms with Crippen LogP contribution in [0.2, 0.25) is 0 Å². The number of hydrogen-bond acceptors (Lipinski definition) is 3. The molecule has 0 aromatic heterocycles. The summed E-state index contributed by atoms with van der Waals surface area (Å²) in [5.74, 6) is 0.355. The summed E-state index contributed by atoms with van der Waals surface area (Å²) >= 11 is 3.65. The lowest BCUT2D eigenvalue weighted by atomic mass is 10.3. The number of hydrogen-bond donors (Lipinski definition) is 2. The molecule has 0 bridgehead atoms. The summed E-state index contributed by atoms with van der Waals surface area (Å²) in [4.78, 5) is 0. The van der Waals surface area contributed by atoms with E-state index >= 15 is 0 Å². The predicted molar refractivity (Wildman–Crippen MR) is 69.8 cm³/mol. The molecular weight excluding hydrogens is 309 g/mol. The Morgan fingerprint density at radius 3 is 2.29 bits per heavy atom. The highest BCUT2D eigenvalue weighted by Crippen LogP contribution is 2.16. The number of benzene rings is 1. The molecule has 0 amide bonds. The number of rotatable bonds is 0. The highest BCUT2D eigenvalue weighted by Gasteiger charge is 1.89. The Kier molecular flexibility index (Phi) is 5.55. The summed E-state index contributed by atoms with van der Waals surface area (Å²) < 4.78 is 3.83. The fourth-order valence-electron chi connectivity index (χ4n) is 0.710. The molecule has 2 rings (SSSR count). The minimum Gasteiger partial charge on any atom is -0.507 e. The molecule has 1 aliphatic rings. The van der Waals surface area contributed by atoms with E-state index in [-0.39, 0.29) is 0 Å². The molecule has 4 heteroatoms. The second-order valence-electron chi connectivity index (χ2n) is 2.37. The Balaban J connectivity index is 0.000000146. The van der Waals surface area contributed by atoms with Crippen LogP contribution in [0.25, 0.3) is 0 Å². The van der Waals surface area contributed by atoms with Gasteiger partial charge in [-0.05, 0) is 58.2 Å². The predicted octanol–water partition coefficient (Wildman–Crippen LogP) is 3.26. The molecule has 2 nitrogen and oxygen atoms in total. The molecule has 2 N–H and O–H groups in total. The van der Waals surface area contributed by atoms with E-state index in [9.17, 15) is 0 Å². The molecule has 14 heavy (non-hydrogen) atoms. The number of aromatic hydroxyl groups is 1. The molecule has 0 atom stereocenters. The lowest BCUT2D eigenvalue weighted by Crippen LogP contribution is -1.88. The zero-order chi connectivity index (χ0) is 10.2. The van der Waals surface area contributed by atoms with Crippen LogP contribution in [0.15, 0.2) is 48.0 Å². The van der Waals surface area contributed by atoms with Gasteiger partial charge in [-0.15, -0.1) is 0 Å². The van der Waals surface area contributed by atoms with Crippen molar-refractivity contribution in [2.45, 2.75) is 0 Å². The van der Waals surface area contributed by atoms with Crippen LogP contribution in [-0.4, -0.2) is 5.11 Å². The Hall–Kier alpha value is -0.620. The van der Waals surface area contributed by atoms with Gasteiger partial charge in [-0.1, -0.05) is 18.2 Å². The Morgan fingerprint density at radius 2 is 2.00 bits per heavy atom. The summed E-state index contributed by atoms with van der Waals surface area (Å²) in [5.41, 5.74) is 0. The van der Waals surface area contributed by atoms with Gasteiger partial charge < -0.3 is 9.83 Å². The number of phenolic OH excluding ortho intramolecular Hbond substituents is 1. The van der Waals surface area contributed by atoms with Crippen molar-refractivity contribution in [2.75, 3.05) is 0 Å². The maximum atomic E-state index is 8.91. The molecule has 0 aliphatic carbocycles. The van der Waals surface area contributed by atoms with Crippen LogP contribution in [0.3, 0.4) is 0 Å². The summed E-state index contributed by atoms with van der Waals surface area (Å²) in [6.45, 7) is 0. The fourth-order valence-corrected chi connectivity index (χ4v) is 1.50. The number of para-hydroxylation sites is 1. The van der Waals surface area contributed by atoms with Crippen LogP contribution in [-0.2, 0) is 0 Å². The van der Waals surface area contributed by atoms with Gasteiger partial charge in [-0.3, -0.25) is 0 Å². The maximum absolute atomic E-state index is 8.91. The van der Waals surface area contributed by atoms with Crippen LogP contribution in [0, 0.1) is 3.57 Å². The lowest BCUT2D eigenvalue weighted by molar-refractivity contribution is 0.471. The van der Waals surface area contributed by atoms with Gasteiger partial charge in [0.25, 0.3) is 0 Å². The van der Waals surface area contributed by atoms with Crippen molar-refractivity contribution >= 4 is 34.5 Å². The van der Waals surface area contributed by atoms with Crippen LogP contribution >= 0.6 is 34.5 Å². The zero-order valence-corrected chi connectivity index (χ0v) is 10.3. The number of allylic oxidation sites excluding steroid dienone is 2. The van der Waals surface area contributed by atoms with Gasteiger partial charge in [0, 0.05) is 6.20 Å². The highest BCUT2D eigenvalue weighted by atomic mass is 127. The Labute approximate surface area is 101 Å². The van der Waals surface area contributed by atoms with Crippen molar-refractivity contribution in [1.82, 2.24) is 4.72 Å². The number of halogens is 1. The second-order valence-corrected chi connectivity index (χ2v) is 4.28. The smallest absolute Gasteiger partial charge is 0.128 e. The molecule has 0 saturated carbocycles. The van der Waals surface area contributed by atoms with Crippen molar-refractivity contribution in [1.29, 1.82) is 0 Å². The lowest BCUT2D eigenvalue weighted by Gasteiger charge is -1.93. The highest BCUT2D eigenvalue weighted by molar-refractivity contribution is 14.1. The van der Waals surface area contributed by atoms with Gasteiger partial charge in [0.1, 0.15) is 5.75 Å². The van der Waals surface area contributed by atoms with E-state index in [4.69, 9.17) is 5.11 Å². The number of nitrogens with one attached hydrogen (secondary N) is 1. The molecule has 1 aromatic rings. The standard InChI is InChI=1S/C6H5IO.C4H5NS/c7-5-3-1-2-4-6(5)8;1-2-4-6-5-3-1/h1-4,8H;1-5H. The molecule has 1 heterocycles. The average molecular weight is 319 g/mol. The first-order valence-corrected chi connectivity index (χ1v) is 5.93. The van der Waals surface area contributed by atoms with Gasteiger partial charge in [-0.2, -0.15) is 0 Å². The Bertz CT molecular complexity index is 306. The summed E-state index contributed by atoms with van der Waals surface area (Å²) in [6.07, 6.45) is 5.84. The fraction of sp³-hybridized carbons (Fsp3) is 0. The normalized spacial score (nSPS) is 12.6. The summed E-state index contributed by atoms with van der Waals surface area (Å²) in [6, 6.07) is 7.22. The van der Waals surface area contributed by atoms with Crippen molar-refractivity contribution < 1.29 is 5.11 Å². The minimum absolute atomic E-state index is 0.355. The van der Waals surface area contributed by atoms with E-state index in [0.717, 1.165) is 3.57 Å². The van der Waals surface area contributed by atoms with Crippen molar-refractivity contribution in [3.8, 4) is 5.75 Å². The van der Waals surface area contributed by atoms with Gasteiger partial charge in [0.15, 0.2) is 0 Å². The monoisotopic (exact) mass is 319 g/mol. The SMILES string of the molecule is C1=CNSC=C1.Oc1ccccc1I. The number of phenols is 1. The molecule has 0 unspecified atom stereocenters. The van der Waals surface area contributed by atoms with E-state index < -0.39 is 0 Å². The van der Waals surface area contributed by atoms with Crippen LogP contribution in [0.4, 0.5) is 0 Å². The molecule has 0 saturated heterocycles. The second kappa shape index (κ2) is 6.78. The first kappa shape index (κ1) is 11.5. The van der Waals surface area contributed by atoms with Crippen molar-refractivity contribution in [3.63, 3.8) is 0 Å². The molecule has 0 radical (unpaired) electrons. The molecule has 1 aliphatic heterocycles. The van der Waals surface area contributed by atoms with Crippen LogP contribution in [0.5, 0.6) is 5.75 Å². The van der Waals surface area contributed by atoms with Gasteiger partial charge in [-0.25, -0.2) is 0 Å². The molecule has 0 fully saturated rings. The van der Waals surface area contributed by atoms with E-state index in [0.29, 0.717) is 5.75 Å². The largest absolute Gasteiger partial charge is 0.507 e. The van der Waals surface area contributed by atoms with Crippen LogP contribution in [0.1, 0.15) is 0 Å². The van der Waals surface area contributed by atoms with Crippen molar-refractivity contribution in [2.24, 2.45) is 0 Å². The van der Waals surface area contributed by atoms with Gasteiger partial charge in [0.05, 0.1) is 3.57 Å².